The van der Waals surface area contributed by atoms with E-state index in [-0.39, 0.29) is 25.8 Å². The maximum atomic E-state index is 11.8. The Labute approximate surface area is 173 Å². The molecule has 2 N–H and O–H groups in total. The van der Waals surface area contributed by atoms with Gasteiger partial charge in [0, 0.05) is 0 Å². The largest absolute Gasteiger partial charge is 0.486 e. The molecule has 0 saturated carbocycles. The molecule has 2 aromatic rings. The van der Waals surface area contributed by atoms with Gasteiger partial charge in [-0.05, 0) is 24.3 Å². The summed E-state index contributed by atoms with van der Waals surface area (Å²) in [7, 11) is 0. The molecular weight excluding hydrogens is 392 g/mol. The number of carbonyl (C=O) groups excluding carboxylic acids is 3. The molecule has 0 aliphatic carbocycles. The van der Waals surface area contributed by atoms with Crippen LogP contribution in [-0.4, -0.2) is 56.8 Å². The summed E-state index contributed by atoms with van der Waals surface area (Å²) in [6.07, 6.45) is -0.344. The van der Waals surface area contributed by atoms with Crippen LogP contribution in [0.3, 0.4) is 0 Å². The van der Waals surface area contributed by atoms with Crippen LogP contribution in [0.2, 0.25) is 0 Å². The highest BCUT2D eigenvalue weighted by Crippen LogP contribution is 2.30. The number of nitrogens with one attached hydrogen (secondary N) is 2. The molecule has 1 heterocycles. The topological polar surface area (TPSA) is 112 Å². The van der Waals surface area contributed by atoms with Gasteiger partial charge in [0.15, 0.2) is 24.7 Å². The highest BCUT2D eigenvalue weighted by Gasteiger charge is 2.21. The molecule has 2 aromatic carbocycles. The van der Waals surface area contributed by atoms with E-state index < -0.39 is 24.4 Å². The smallest absolute Gasteiger partial charge is 0.325 e. The third kappa shape index (κ3) is 6.69. The van der Waals surface area contributed by atoms with E-state index in [2.05, 4.69) is 10.6 Å². The van der Waals surface area contributed by atoms with Crippen molar-refractivity contribution in [3.8, 4) is 17.2 Å². The molecule has 1 atom stereocenters. The highest BCUT2D eigenvalue weighted by molar-refractivity contribution is 5.84. The fraction of sp³-hybridized carbons (Fsp3) is 0.286. The van der Waals surface area contributed by atoms with E-state index in [1.165, 1.54) is 0 Å². The van der Waals surface area contributed by atoms with Crippen molar-refractivity contribution < 1.29 is 33.3 Å². The monoisotopic (exact) mass is 414 g/mol. The number of benzene rings is 2. The summed E-state index contributed by atoms with van der Waals surface area (Å²) in [4.78, 5) is 35.2. The molecule has 1 aliphatic rings. The van der Waals surface area contributed by atoms with Crippen molar-refractivity contribution in [2.45, 2.75) is 6.10 Å². The molecule has 9 heteroatoms. The van der Waals surface area contributed by atoms with Crippen LogP contribution in [0.15, 0.2) is 54.6 Å². The molecule has 158 valence electrons. The van der Waals surface area contributed by atoms with Gasteiger partial charge >= 0.3 is 5.97 Å². The number of ether oxygens (including phenoxy) is 4. The lowest BCUT2D eigenvalue weighted by Gasteiger charge is -2.26. The summed E-state index contributed by atoms with van der Waals surface area (Å²) in [6.45, 7) is -0.545. The van der Waals surface area contributed by atoms with Gasteiger partial charge in [0.25, 0.3) is 11.8 Å². The average Bonchev–Trinajstić information content (AvgIpc) is 2.79. The van der Waals surface area contributed by atoms with Gasteiger partial charge in [0.1, 0.15) is 25.0 Å². The van der Waals surface area contributed by atoms with Crippen molar-refractivity contribution in [2.24, 2.45) is 0 Å². The van der Waals surface area contributed by atoms with Gasteiger partial charge in [0.05, 0.1) is 6.54 Å². The van der Waals surface area contributed by atoms with Crippen molar-refractivity contribution >= 4 is 17.8 Å². The molecule has 0 fully saturated rings. The zero-order valence-corrected chi connectivity index (χ0v) is 16.2. The Bertz CT molecular complexity index is 873. The van der Waals surface area contributed by atoms with Crippen molar-refractivity contribution in [2.75, 3.05) is 32.9 Å². The van der Waals surface area contributed by atoms with E-state index in [1.54, 1.807) is 36.4 Å². The fourth-order valence-corrected chi connectivity index (χ4v) is 2.53. The molecule has 0 aromatic heterocycles. The van der Waals surface area contributed by atoms with Crippen molar-refractivity contribution in [1.29, 1.82) is 0 Å². The molecule has 1 aliphatic heterocycles. The van der Waals surface area contributed by atoms with Crippen LogP contribution in [-0.2, 0) is 19.1 Å². The predicted octanol–water partition coefficient (Wildman–Crippen LogP) is 0.681. The summed E-state index contributed by atoms with van der Waals surface area (Å²) >= 11 is 0. The third-order valence-electron chi connectivity index (χ3n) is 4.00. The van der Waals surface area contributed by atoms with Gasteiger partial charge in [-0.3, -0.25) is 14.4 Å². The Kier molecular flexibility index (Phi) is 7.48. The Morgan fingerprint density at radius 1 is 0.900 bits per heavy atom. The zero-order chi connectivity index (χ0) is 21.2. The quantitative estimate of drug-likeness (QED) is 0.581. The van der Waals surface area contributed by atoms with Crippen LogP contribution >= 0.6 is 0 Å². The molecule has 2 amide bonds. The minimum atomic E-state index is -0.732. The second-order valence-corrected chi connectivity index (χ2v) is 6.34. The average molecular weight is 414 g/mol. The number of hydrogen-bond donors (Lipinski definition) is 2. The SMILES string of the molecule is O=C(COC(=O)CNC(=O)COc1ccccc1)NC[C@@H]1COc2ccccc2O1. The first-order valence-corrected chi connectivity index (χ1v) is 9.35. The number of fused-ring (bicyclic) bond motifs is 1. The van der Waals surface area contributed by atoms with E-state index in [0.29, 0.717) is 23.9 Å². The van der Waals surface area contributed by atoms with Crippen molar-refractivity contribution in [3.05, 3.63) is 54.6 Å². The van der Waals surface area contributed by atoms with Crippen molar-refractivity contribution in [1.82, 2.24) is 10.6 Å². The molecular formula is C21H22N2O7. The molecule has 0 saturated heterocycles. The van der Waals surface area contributed by atoms with Crippen molar-refractivity contribution in [3.63, 3.8) is 0 Å². The van der Waals surface area contributed by atoms with Gasteiger partial charge in [-0.15, -0.1) is 0 Å². The number of hydrogen-bond acceptors (Lipinski definition) is 7. The second kappa shape index (κ2) is 10.7. The van der Waals surface area contributed by atoms with E-state index in [0.717, 1.165) is 0 Å². The number of para-hydroxylation sites is 3. The molecule has 9 nitrogen and oxygen atoms in total. The summed E-state index contributed by atoms with van der Waals surface area (Å²) in [5.74, 6) is 0.123. The Balaban J connectivity index is 1.26. The van der Waals surface area contributed by atoms with E-state index >= 15 is 0 Å². The molecule has 30 heavy (non-hydrogen) atoms. The lowest BCUT2D eigenvalue weighted by Crippen LogP contribution is -2.42. The maximum Gasteiger partial charge on any atom is 0.325 e. The first kappa shape index (κ1) is 21.0. The molecule has 0 radical (unpaired) electrons. The summed E-state index contributed by atoms with van der Waals surface area (Å²) in [5, 5.41) is 4.98. The van der Waals surface area contributed by atoms with Gasteiger partial charge in [-0.1, -0.05) is 30.3 Å². The van der Waals surface area contributed by atoms with Gasteiger partial charge < -0.3 is 29.6 Å². The van der Waals surface area contributed by atoms with Crippen LogP contribution in [0, 0.1) is 0 Å². The van der Waals surface area contributed by atoms with Gasteiger partial charge in [-0.2, -0.15) is 0 Å². The normalized spacial score (nSPS) is 14.3. The van der Waals surface area contributed by atoms with E-state index in [4.69, 9.17) is 18.9 Å². The lowest BCUT2D eigenvalue weighted by molar-refractivity contribution is -0.148. The predicted molar refractivity (Wildman–Crippen MR) is 105 cm³/mol. The summed E-state index contributed by atoms with van der Waals surface area (Å²) in [5.41, 5.74) is 0. The molecule has 0 spiro atoms. The lowest BCUT2D eigenvalue weighted by atomic mass is 10.2. The first-order chi connectivity index (χ1) is 14.6. The molecule has 0 unspecified atom stereocenters. The molecule has 0 bridgehead atoms. The first-order valence-electron chi connectivity index (χ1n) is 9.35. The van der Waals surface area contributed by atoms with E-state index in [1.807, 2.05) is 18.2 Å². The summed E-state index contributed by atoms with van der Waals surface area (Å²) in [6, 6.07) is 16.1. The zero-order valence-electron chi connectivity index (χ0n) is 16.2. The Morgan fingerprint density at radius 2 is 1.60 bits per heavy atom. The molecule has 3 rings (SSSR count). The second-order valence-electron chi connectivity index (χ2n) is 6.34. The third-order valence-corrected chi connectivity index (χ3v) is 4.00. The minimum absolute atomic E-state index is 0.207. The van der Waals surface area contributed by atoms with Gasteiger partial charge in [-0.25, -0.2) is 0 Å². The van der Waals surface area contributed by atoms with Gasteiger partial charge in [0.2, 0.25) is 0 Å². The maximum absolute atomic E-state index is 11.8. The Hall–Kier alpha value is -3.75. The minimum Gasteiger partial charge on any atom is -0.486 e. The van der Waals surface area contributed by atoms with E-state index in [9.17, 15) is 14.4 Å². The Morgan fingerprint density at radius 3 is 2.40 bits per heavy atom. The highest BCUT2D eigenvalue weighted by atomic mass is 16.6. The van der Waals surface area contributed by atoms with Crippen LogP contribution in [0.25, 0.3) is 0 Å². The van der Waals surface area contributed by atoms with Crippen LogP contribution < -0.4 is 24.8 Å². The van der Waals surface area contributed by atoms with Crippen LogP contribution in [0.5, 0.6) is 17.2 Å². The fourth-order valence-electron chi connectivity index (χ4n) is 2.53. The van der Waals surface area contributed by atoms with Crippen LogP contribution in [0.4, 0.5) is 0 Å². The number of carbonyl (C=O) groups is 3. The number of esters is 1. The summed E-state index contributed by atoms with van der Waals surface area (Å²) < 4.78 is 21.4. The van der Waals surface area contributed by atoms with Crippen LogP contribution in [0.1, 0.15) is 0 Å². The standard InChI is InChI=1S/C21H22N2O7/c24-19(13-27-15-6-2-1-3-7-15)23-11-21(26)29-14-20(25)22-10-16-12-28-17-8-4-5-9-18(17)30-16/h1-9,16H,10-14H2,(H,22,25)(H,23,24)/t16-/m1/s1. The number of rotatable bonds is 9. The number of amides is 2.